The maximum atomic E-state index is 13.2. The highest BCUT2D eigenvalue weighted by Crippen LogP contribution is 2.38. The second-order valence-electron chi connectivity index (χ2n) is 10.5. The summed E-state index contributed by atoms with van der Waals surface area (Å²) in [6.45, 7) is -0.235. The Balaban J connectivity index is 1.38. The number of hydrogen-bond donors (Lipinski definition) is 2. The molecule has 1 heterocycles. The van der Waals surface area contributed by atoms with Gasteiger partial charge in [-0.05, 0) is 67.9 Å². The lowest BCUT2D eigenvalue weighted by Gasteiger charge is -2.33. The molecule has 1 aliphatic heterocycles. The van der Waals surface area contributed by atoms with Gasteiger partial charge in [-0.2, -0.15) is 4.31 Å². The van der Waals surface area contributed by atoms with Crippen molar-refractivity contribution >= 4 is 15.9 Å². The van der Waals surface area contributed by atoms with Crippen LogP contribution in [-0.4, -0.2) is 69.5 Å². The molecule has 1 amide bonds. The van der Waals surface area contributed by atoms with E-state index in [0.29, 0.717) is 23.8 Å². The number of nitrogens with zero attached hydrogens (tertiary/aromatic N) is 1. The predicted molar refractivity (Wildman–Crippen MR) is 143 cm³/mol. The standard InChI is InChI=1S/C28H42N2O7S/c1-35-24-11-13-25(14-12-24)38(33,34)30(15-17-31)16-18-36-27-20-22(21-7-5-6-8-21)19-26(37-27)28(32)29-23-9-3-2-4-10-23/h11-14,19,21-23,27,31H,2-10,15-18,20H2,1H3,(H,29,32)/t22-,27+/m0/s1. The molecule has 0 radical (unpaired) electrons. The zero-order valence-corrected chi connectivity index (χ0v) is 23.2. The lowest BCUT2D eigenvalue weighted by atomic mass is 9.86. The average molecular weight is 551 g/mol. The van der Waals surface area contributed by atoms with Gasteiger partial charge in [-0.1, -0.05) is 32.1 Å². The maximum Gasteiger partial charge on any atom is 0.286 e. The first kappa shape index (κ1) is 28.9. The Bertz CT molecular complexity index is 1030. The summed E-state index contributed by atoms with van der Waals surface area (Å²) in [5, 5.41) is 12.7. The van der Waals surface area contributed by atoms with Crippen LogP contribution in [0.5, 0.6) is 5.75 Å². The number of ether oxygens (including phenoxy) is 3. The molecule has 38 heavy (non-hydrogen) atoms. The molecule has 9 nitrogen and oxygen atoms in total. The van der Waals surface area contributed by atoms with Crippen LogP contribution in [0.3, 0.4) is 0 Å². The van der Waals surface area contributed by atoms with Crippen molar-refractivity contribution in [2.45, 2.75) is 81.4 Å². The molecule has 0 aromatic heterocycles. The van der Waals surface area contributed by atoms with E-state index in [9.17, 15) is 18.3 Å². The van der Waals surface area contributed by atoms with Gasteiger partial charge in [0.15, 0.2) is 5.76 Å². The van der Waals surface area contributed by atoms with E-state index >= 15 is 0 Å². The summed E-state index contributed by atoms with van der Waals surface area (Å²) in [6, 6.07) is 6.33. The largest absolute Gasteiger partial charge is 0.497 e. The first-order valence-corrected chi connectivity index (χ1v) is 15.4. The van der Waals surface area contributed by atoms with Crippen molar-refractivity contribution in [3.05, 3.63) is 36.1 Å². The summed E-state index contributed by atoms with van der Waals surface area (Å²) in [6.07, 6.45) is 12.1. The summed E-state index contributed by atoms with van der Waals surface area (Å²) >= 11 is 0. The van der Waals surface area contributed by atoms with Crippen LogP contribution in [0, 0.1) is 11.8 Å². The van der Waals surface area contributed by atoms with Gasteiger partial charge < -0.3 is 24.6 Å². The minimum absolute atomic E-state index is 0.0518. The number of carbonyl (C=O) groups excluding carboxylic acids is 1. The fraction of sp³-hybridized carbons (Fsp3) is 0.679. The SMILES string of the molecule is COc1ccc(S(=O)(=O)N(CCO)CCO[C@H]2C[C@@H](C3CCCC3)C=C(C(=O)NC3CCCCC3)O2)cc1. The molecule has 2 saturated carbocycles. The minimum Gasteiger partial charge on any atom is -0.497 e. The molecule has 2 fully saturated rings. The quantitative estimate of drug-likeness (QED) is 0.409. The van der Waals surface area contributed by atoms with Crippen LogP contribution in [0.1, 0.15) is 64.2 Å². The average Bonchev–Trinajstić information content (AvgIpc) is 3.48. The molecule has 212 valence electrons. The van der Waals surface area contributed by atoms with Crippen molar-refractivity contribution in [3.63, 3.8) is 0 Å². The van der Waals surface area contributed by atoms with Crippen LogP contribution in [-0.2, 0) is 24.3 Å². The van der Waals surface area contributed by atoms with E-state index in [1.165, 1.54) is 42.8 Å². The number of nitrogens with one attached hydrogen (secondary N) is 1. The van der Waals surface area contributed by atoms with Crippen molar-refractivity contribution in [3.8, 4) is 5.75 Å². The predicted octanol–water partition coefficient (Wildman–Crippen LogP) is 3.58. The summed E-state index contributed by atoms with van der Waals surface area (Å²) in [7, 11) is -2.32. The summed E-state index contributed by atoms with van der Waals surface area (Å²) < 4.78 is 44.7. The molecule has 0 saturated heterocycles. The molecular formula is C28H42N2O7S. The van der Waals surface area contributed by atoms with Gasteiger partial charge in [-0.15, -0.1) is 0 Å². The highest BCUT2D eigenvalue weighted by atomic mass is 32.2. The lowest BCUT2D eigenvalue weighted by Crippen LogP contribution is -2.41. The summed E-state index contributed by atoms with van der Waals surface area (Å²) in [5.41, 5.74) is 0. The van der Waals surface area contributed by atoms with Gasteiger partial charge in [0.1, 0.15) is 5.75 Å². The molecule has 0 unspecified atom stereocenters. The number of aliphatic hydroxyl groups is 1. The fourth-order valence-corrected chi connectivity index (χ4v) is 7.22. The Morgan fingerprint density at radius 1 is 1.05 bits per heavy atom. The van der Waals surface area contributed by atoms with E-state index in [4.69, 9.17) is 14.2 Å². The molecule has 0 bridgehead atoms. The molecule has 2 atom stereocenters. The minimum atomic E-state index is -3.83. The highest BCUT2D eigenvalue weighted by molar-refractivity contribution is 7.89. The molecule has 2 aliphatic carbocycles. The summed E-state index contributed by atoms with van der Waals surface area (Å²) in [4.78, 5) is 13.2. The first-order chi connectivity index (χ1) is 18.4. The smallest absolute Gasteiger partial charge is 0.286 e. The third-order valence-corrected chi connectivity index (χ3v) is 9.86. The number of amides is 1. The first-order valence-electron chi connectivity index (χ1n) is 14.0. The van der Waals surface area contributed by atoms with E-state index in [1.807, 2.05) is 6.08 Å². The van der Waals surface area contributed by atoms with Crippen LogP contribution >= 0.6 is 0 Å². The number of methoxy groups -OCH3 is 1. The van der Waals surface area contributed by atoms with E-state index < -0.39 is 16.3 Å². The van der Waals surface area contributed by atoms with Crippen molar-refractivity contribution in [1.82, 2.24) is 9.62 Å². The topological polar surface area (TPSA) is 114 Å². The van der Waals surface area contributed by atoms with E-state index in [-0.39, 0.29) is 49.1 Å². The summed E-state index contributed by atoms with van der Waals surface area (Å²) in [5.74, 6) is 1.39. The Morgan fingerprint density at radius 2 is 1.74 bits per heavy atom. The van der Waals surface area contributed by atoms with Crippen LogP contribution in [0.2, 0.25) is 0 Å². The van der Waals surface area contributed by atoms with Crippen molar-refractivity contribution in [1.29, 1.82) is 0 Å². The van der Waals surface area contributed by atoms with Gasteiger partial charge >= 0.3 is 0 Å². The van der Waals surface area contributed by atoms with Crippen LogP contribution in [0.15, 0.2) is 41.0 Å². The molecule has 1 aromatic rings. The van der Waals surface area contributed by atoms with Crippen LogP contribution in [0.4, 0.5) is 0 Å². The normalized spacial score (nSPS) is 23.2. The number of rotatable bonds is 12. The van der Waals surface area contributed by atoms with E-state index in [2.05, 4.69) is 5.32 Å². The van der Waals surface area contributed by atoms with Crippen LogP contribution in [0.25, 0.3) is 0 Å². The molecule has 10 heteroatoms. The van der Waals surface area contributed by atoms with Crippen molar-refractivity contribution in [2.75, 3.05) is 33.4 Å². The molecule has 2 N–H and O–H groups in total. The Morgan fingerprint density at radius 3 is 2.39 bits per heavy atom. The fourth-order valence-electron chi connectivity index (χ4n) is 5.81. The zero-order valence-electron chi connectivity index (χ0n) is 22.3. The second-order valence-corrected chi connectivity index (χ2v) is 12.4. The van der Waals surface area contributed by atoms with E-state index in [1.54, 1.807) is 12.1 Å². The molecule has 1 aromatic carbocycles. The van der Waals surface area contributed by atoms with Gasteiger partial charge in [0.25, 0.3) is 5.91 Å². The number of carbonyl (C=O) groups is 1. The monoisotopic (exact) mass is 550 g/mol. The number of hydrogen-bond acceptors (Lipinski definition) is 7. The molecule has 0 spiro atoms. The second kappa shape index (κ2) is 13.8. The Labute approximate surface area is 226 Å². The van der Waals surface area contributed by atoms with Gasteiger partial charge in [0.05, 0.1) is 25.2 Å². The molecule has 4 rings (SSSR count). The number of benzene rings is 1. The van der Waals surface area contributed by atoms with Crippen molar-refractivity contribution < 1.29 is 32.5 Å². The van der Waals surface area contributed by atoms with Gasteiger partial charge in [-0.3, -0.25) is 4.79 Å². The Kier molecular flexibility index (Phi) is 10.5. The van der Waals surface area contributed by atoms with Crippen molar-refractivity contribution in [2.24, 2.45) is 11.8 Å². The van der Waals surface area contributed by atoms with E-state index in [0.717, 1.165) is 38.5 Å². The van der Waals surface area contributed by atoms with Gasteiger partial charge in [0.2, 0.25) is 16.3 Å². The lowest BCUT2D eigenvalue weighted by molar-refractivity contribution is -0.151. The number of allylic oxidation sites excluding steroid dienone is 1. The molecular weight excluding hydrogens is 508 g/mol. The van der Waals surface area contributed by atoms with Crippen LogP contribution < -0.4 is 10.1 Å². The molecule has 3 aliphatic rings. The number of sulfonamides is 1. The van der Waals surface area contributed by atoms with Gasteiger partial charge in [-0.25, -0.2) is 8.42 Å². The number of aliphatic hydroxyl groups excluding tert-OH is 1. The Hall–Kier alpha value is -2.14. The third-order valence-electron chi connectivity index (χ3n) is 7.95. The third kappa shape index (κ3) is 7.49. The van der Waals surface area contributed by atoms with Gasteiger partial charge in [0, 0.05) is 25.6 Å². The highest BCUT2D eigenvalue weighted by Gasteiger charge is 2.34. The zero-order chi connectivity index (χ0) is 27.0. The maximum absolute atomic E-state index is 13.2.